The monoisotopic (exact) mass is 320 g/mol. The van der Waals surface area contributed by atoms with Gasteiger partial charge in [0.2, 0.25) is 0 Å². The van der Waals surface area contributed by atoms with Crippen LogP contribution in [0, 0.1) is 5.82 Å². The van der Waals surface area contributed by atoms with Crippen LogP contribution in [0.15, 0.2) is 53.4 Å². The molecule has 0 amide bonds. The minimum atomic E-state index is -0.293. The molecule has 4 heterocycles. The molecule has 0 bridgehead atoms. The van der Waals surface area contributed by atoms with E-state index in [1.807, 2.05) is 0 Å². The summed E-state index contributed by atoms with van der Waals surface area (Å²) in [6.07, 6.45) is 3.00. The Morgan fingerprint density at radius 2 is 2.08 bits per heavy atom. The van der Waals surface area contributed by atoms with Crippen molar-refractivity contribution in [1.82, 2.24) is 29.9 Å². The summed E-state index contributed by atoms with van der Waals surface area (Å²) in [4.78, 5) is 11.7. The number of fused-ring (bicyclic) bond motifs is 2. The van der Waals surface area contributed by atoms with Crippen molar-refractivity contribution in [3.63, 3.8) is 0 Å². The quantitative estimate of drug-likeness (QED) is 0.540. The van der Waals surface area contributed by atoms with Gasteiger partial charge in [-0.3, -0.25) is 0 Å². The SMILES string of the molecule is Fc1ccc2[nH]c(-n3nnc4c(-c5ccco5)ncnc43)cc2c1. The van der Waals surface area contributed by atoms with E-state index in [1.165, 1.54) is 18.5 Å². The summed E-state index contributed by atoms with van der Waals surface area (Å²) in [5.74, 6) is 0.939. The molecule has 0 saturated heterocycles. The van der Waals surface area contributed by atoms with Crippen LogP contribution in [-0.4, -0.2) is 29.9 Å². The molecular formula is C16H9FN6O. The molecule has 116 valence electrons. The van der Waals surface area contributed by atoms with Crippen molar-refractivity contribution in [3.8, 4) is 17.3 Å². The molecule has 0 radical (unpaired) electrons. The number of H-pyrrole nitrogens is 1. The Balaban J connectivity index is 1.73. The van der Waals surface area contributed by atoms with Crippen molar-refractivity contribution in [2.24, 2.45) is 0 Å². The topological polar surface area (TPSA) is 85.4 Å². The number of aromatic nitrogens is 6. The second-order valence-corrected chi connectivity index (χ2v) is 5.26. The molecule has 0 atom stereocenters. The molecule has 0 spiro atoms. The molecule has 7 nitrogen and oxygen atoms in total. The molecule has 5 rings (SSSR count). The Kier molecular flexibility index (Phi) is 2.55. The van der Waals surface area contributed by atoms with Gasteiger partial charge in [-0.05, 0) is 36.4 Å². The zero-order chi connectivity index (χ0) is 16.1. The van der Waals surface area contributed by atoms with E-state index in [1.54, 1.807) is 35.2 Å². The largest absolute Gasteiger partial charge is 0.463 e. The van der Waals surface area contributed by atoms with Crippen LogP contribution in [0.25, 0.3) is 39.3 Å². The average molecular weight is 320 g/mol. The maximum atomic E-state index is 13.4. The molecule has 4 aromatic heterocycles. The summed E-state index contributed by atoms with van der Waals surface area (Å²) in [6, 6.07) is 9.90. The van der Waals surface area contributed by atoms with E-state index < -0.39 is 0 Å². The van der Waals surface area contributed by atoms with Crippen molar-refractivity contribution in [2.75, 3.05) is 0 Å². The Morgan fingerprint density at radius 3 is 2.96 bits per heavy atom. The fourth-order valence-corrected chi connectivity index (χ4v) is 2.71. The first-order valence-electron chi connectivity index (χ1n) is 7.18. The zero-order valence-electron chi connectivity index (χ0n) is 12.1. The van der Waals surface area contributed by atoms with Crippen LogP contribution >= 0.6 is 0 Å². The predicted molar refractivity (Wildman–Crippen MR) is 84.0 cm³/mol. The number of halogens is 1. The van der Waals surface area contributed by atoms with Crippen LogP contribution in [-0.2, 0) is 0 Å². The third-order valence-electron chi connectivity index (χ3n) is 3.79. The van der Waals surface area contributed by atoms with Gasteiger partial charge in [-0.2, -0.15) is 4.68 Å². The molecule has 24 heavy (non-hydrogen) atoms. The van der Waals surface area contributed by atoms with Gasteiger partial charge in [-0.1, -0.05) is 5.21 Å². The van der Waals surface area contributed by atoms with Gasteiger partial charge in [-0.15, -0.1) is 5.10 Å². The van der Waals surface area contributed by atoms with Crippen LogP contribution in [0.4, 0.5) is 4.39 Å². The van der Waals surface area contributed by atoms with E-state index in [0.29, 0.717) is 28.4 Å². The number of furan rings is 1. The molecule has 0 saturated carbocycles. The first-order chi connectivity index (χ1) is 11.8. The van der Waals surface area contributed by atoms with Gasteiger partial charge < -0.3 is 9.40 Å². The van der Waals surface area contributed by atoms with Crippen molar-refractivity contribution in [1.29, 1.82) is 0 Å². The summed E-state index contributed by atoms with van der Waals surface area (Å²) in [5, 5.41) is 9.07. The first-order valence-corrected chi connectivity index (χ1v) is 7.18. The van der Waals surface area contributed by atoms with E-state index in [2.05, 4.69) is 25.3 Å². The van der Waals surface area contributed by atoms with Crippen LogP contribution < -0.4 is 0 Å². The van der Waals surface area contributed by atoms with E-state index >= 15 is 0 Å². The van der Waals surface area contributed by atoms with Gasteiger partial charge in [0.1, 0.15) is 23.7 Å². The van der Waals surface area contributed by atoms with Gasteiger partial charge in [0.15, 0.2) is 16.9 Å². The highest BCUT2D eigenvalue weighted by Crippen LogP contribution is 2.26. The van der Waals surface area contributed by atoms with Crippen LogP contribution in [0.5, 0.6) is 0 Å². The Morgan fingerprint density at radius 1 is 1.12 bits per heavy atom. The molecule has 1 aromatic carbocycles. The zero-order valence-corrected chi connectivity index (χ0v) is 12.1. The van der Waals surface area contributed by atoms with Crippen molar-refractivity contribution < 1.29 is 8.81 Å². The Bertz CT molecular complexity index is 1170. The molecule has 8 heteroatoms. The fraction of sp³-hybridized carbons (Fsp3) is 0. The minimum Gasteiger partial charge on any atom is -0.463 e. The second kappa shape index (κ2) is 4.72. The summed E-state index contributed by atoms with van der Waals surface area (Å²) in [7, 11) is 0. The third kappa shape index (κ3) is 1.83. The lowest BCUT2D eigenvalue weighted by molar-refractivity contribution is 0.580. The van der Waals surface area contributed by atoms with E-state index in [0.717, 1.165) is 10.9 Å². The minimum absolute atomic E-state index is 0.293. The molecular weight excluding hydrogens is 311 g/mol. The molecule has 1 N–H and O–H groups in total. The second-order valence-electron chi connectivity index (χ2n) is 5.26. The van der Waals surface area contributed by atoms with Crippen LogP contribution in [0.1, 0.15) is 0 Å². The number of rotatable bonds is 2. The van der Waals surface area contributed by atoms with Crippen LogP contribution in [0.2, 0.25) is 0 Å². The molecule has 0 aliphatic rings. The highest BCUT2D eigenvalue weighted by atomic mass is 19.1. The summed E-state index contributed by atoms with van der Waals surface area (Å²) >= 11 is 0. The number of benzene rings is 1. The standard InChI is InChI=1S/C16H9FN6O/c17-10-3-4-11-9(6-10)7-13(20-11)23-16-15(21-22-23)14(18-8-19-16)12-2-1-5-24-12/h1-8,20H. The highest BCUT2D eigenvalue weighted by Gasteiger charge is 2.17. The molecule has 0 aliphatic heterocycles. The van der Waals surface area contributed by atoms with Gasteiger partial charge in [0.25, 0.3) is 0 Å². The predicted octanol–water partition coefficient (Wildman–Crippen LogP) is 3.09. The summed E-state index contributed by atoms with van der Waals surface area (Å²) in [5.41, 5.74) is 2.43. The smallest absolute Gasteiger partial charge is 0.189 e. The van der Waals surface area contributed by atoms with Crippen molar-refractivity contribution in [3.05, 3.63) is 54.8 Å². The summed E-state index contributed by atoms with van der Waals surface area (Å²) < 4.78 is 20.3. The maximum absolute atomic E-state index is 13.4. The number of aromatic amines is 1. The molecule has 0 unspecified atom stereocenters. The molecule has 0 aliphatic carbocycles. The van der Waals surface area contributed by atoms with E-state index in [4.69, 9.17) is 4.42 Å². The van der Waals surface area contributed by atoms with Crippen LogP contribution in [0.3, 0.4) is 0 Å². The van der Waals surface area contributed by atoms with Gasteiger partial charge >= 0.3 is 0 Å². The lowest BCUT2D eigenvalue weighted by Gasteiger charge is -1.98. The molecule has 0 fully saturated rings. The number of hydrogen-bond acceptors (Lipinski definition) is 5. The van der Waals surface area contributed by atoms with Gasteiger partial charge in [0, 0.05) is 10.9 Å². The van der Waals surface area contributed by atoms with Crippen molar-refractivity contribution in [2.45, 2.75) is 0 Å². The highest BCUT2D eigenvalue weighted by molar-refractivity contribution is 5.87. The Hall–Kier alpha value is -3.55. The van der Waals surface area contributed by atoms with Gasteiger partial charge in [0.05, 0.1) is 6.26 Å². The van der Waals surface area contributed by atoms with E-state index in [9.17, 15) is 4.39 Å². The third-order valence-corrected chi connectivity index (χ3v) is 3.79. The van der Waals surface area contributed by atoms with Crippen molar-refractivity contribution >= 4 is 22.1 Å². The maximum Gasteiger partial charge on any atom is 0.189 e. The summed E-state index contributed by atoms with van der Waals surface area (Å²) in [6.45, 7) is 0. The lowest BCUT2D eigenvalue weighted by Crippen LogP contribution is -1.98. The fourth-order valence-electron chi connectivity index (χ4n) is 2.71. The molecule has 5 aromatic rings. The number of hydrogen-bond donors (Lipinski definition) is 1. The van der Waals surface area contributed by atoms with E-state index in [-0.39, 0.29) is 5.82 Å². The normalized spacial score (nSPS) is 11.5. The number of nitrogens with one attached hydrogen (secondary N) is 1. The first kappa shape index (κ1) is 12.9. The Labute approximate surface area is 133 Å². The number of nitrogens with zero attached hydrogens (tertiary/aromatic N) is 5. The van der Waals surface area contributed by atoms with Gasteiger partial charge in [-0.25, -0.2) is 14.4 Å². The lowest BCUT2D eigenvalue weighted by atomic mass is 10.2. The average Bonchev–Trinajstić information content (AvgIpc) is 3.32.